The smallest absolute Gasteiger partial charge is 0.315 e. The SMILES string of the molecule is Cc1cc2cc(CNC(=O)NC3CCC(C(=O)O)CC3)ccc2[nH]1. The van der Waals surface area contributed by atoms with Crippen LogP contribution in [0.1, 0.15) is 36.9 Å². The number of rotatable bonds is 4. The normalized spacial score (nSPS) is 20.7. The molecule has 6 nitrogen and oxygen atoms in total. The van der Waals surface area contributed by atoms with Crippen LogP contribution < -0.4 is 10.6 Å². The van der Waals surface area contributed by atoms with E-state index in [2.05, 4.69) is 27.8 Å². The number of H-pyrrole nitrogens is 1. The van der Waals surface area contributed by atoms with Crippen molar-refractivity contribution in [3.63, 3.8) is 0 Å². The van der Waals surface area contributed by atoms with Gasteiger partial charge in [0.05, 0.1) is 5.92 Å². The van der Waals surface area contributed by atoms with Crippen LogP contribution in [-0.2, 0) is 11.3 Å². The second kappa shape index (κ2) is 6.95. The summed E-state index contributed by atoms with van der Waals surface area (Å²) in [4.78, 5) is 26.2. The topological polar surface area (TPSA) is 94.2 Å². The Balaban J connectivity index is 1.47. The molecule has 128 valence electrons. The van der Waals surface area contributed by atoms with Crippen LogP contribution in [-0.4, -0.2) is 28.1 Å². The minimum atomic E-state index is -0.728. The summed E-state index contributed by atoms with van der Waals surface area (Å²) in [5.74, 6) is -0.990. The Morgan fingerprint density at radius 3 is 2.67 bits per heavy atom. The number of hydrogen-bond acceptors (Lipinski definition) is 2. The number of carbonyl (C=O) groups excluding carboxylic acids is 1. The average Bonchev–Trinajstić information content (AvgIpc) is 2.92. The van der Waals surface area contributed by atoms with Gasteiger partial charge in [0, 0.05) is 23.8 Å². The summed E-state index contributed by atoms with van der Waals surface area (Å²) in [7, 11) is 0. The zero-order valence-electron chi connectivity index (χ0n) is 13.8. The van der Waals surface area contributed by atoms with E-state index in [0.29, 0.717) is 19.4 Å². The van der Waals surface area contributed by atoms with Crippen LogP contribution in [0.15, 0.2) is 24.3 Å². The molecule has 1 saturated carbocycles. The van der Waals surface area contributed by atoms with Crippen molar-refractivity contribution in [2.75, 3.05) is 0 Å². The largest absolute Gasteiger partial charge is 0.481 e. The Morgan fingerprint density at radius 1 is 1.21 bits per heavy atom. The van der Waals surface area contributed by atoms with Crippen LogP contribution in [0, 0.1) is 12.8 Å². The lowest BCUT2D eigenvalue weighted by atomic mass is 9.86. The van der Waals surface area contributed by atoms with Gasteiger partial charge in [0.1, 0.15) is 0 Å². The number of carboxylic acids is 1. The van der Waals surface area contributed by atoms with Gasteiger partial charge >= 0.3 is 12.0 Å². The molecule has 0 radical (unpaired) electrons. The van der Waals surface area contributed by atoms with E-state index in [4.69, 9.17) is 5.11 Å². The molecule has 0 atom stereocenters. The second-order valence-corrected chi connectivity index (χ2v) is 6.59. The molecular formula is C18H23N3O3. The first-order valence-corrected chi connectivity index (χ1v) is 8.36. The summed E-state index contributed by atoms with van der Waals surface area (Å²) >= 11 is 0. The number of aromatic amines is 1. The molecule has 3 rings (SSSR count). The fraction of sp³-hybridized carbons (Fsp3) is 0.444. The molecule has 6 heteroatoms. The maximum Gasteiger partial charge on any atom is 0.315 e. The van der Waals surface area contributed by atoms with Crippen molar-refractivity contribution in [2.45, 2.75) is 45.2 Å². The van der Waals surface area contributed by atoms with E-state index in [1.165, 1.54) is 0 Å². The maximum atomic E-state index is 12.0. The van der Waals surface area contributed by atoms with Gasteiger partial charge < -0.3 is 20.7 Å². The Kier molecular flexibility index (Phi) is 4.74. The maximum absolute atomic E-state index is 12.0. The Bertz CT molecular complexity index is 745. The molecule has 0 aliphatic heterocycles. The summed E-state index contributed by atoms with van der Waals surface area (Å²) in [6.07, 6.45) is 2.70. The second-order valence-electron chi connectivity index (χ2n) is 6.59. The molecule has 1 aliphatic carbocycles. The third kappa shape index (κ3) is 3.88. The van der Waals surface area contributed by atoms with Crippen LogP contribution >= 0.6 is 0 Å². The molecule has 0 saturated heterocycles. The van der Waals surface area contributed by atoms with Gasteiger partial charge in [-0.3, -0.25) is 4.79 Å². The van der Waals surface area contributed by atoms with Crippen LogP contribution in [0.4, 0.5) is 4.79 Å². The molecule has 4 N–H and O–H groups in total. The van der Waals surface area contributed by atoms with Crippen molar-refractivity contribution < 1.29 is 14.7 Å². The summed E-state index contributed by atoms with van der Waals surface area (Å²) in [6.45, 7) is 2.49. The van der Waals surface area contributed by atoms with E-state index in [9.17, 15) is 9.59 Å². The highest BCUT2D eigenvalue weighted by molar-refractivity contribution is 5.81. The lowest BCUT2D eigenvalue weighted by Gasteiger charge is -2.26. The molecule has 1 aromatic carbocycles. The number of benzene rings is 1. The van der Waals surface area contributed by atoms with Crippen molar-refractivity contribution in [3.05, 3.63) is 35.5 Å². The van der Waals surface area contributed by atoms with E-state index in [1.807, 2.05) is 19.1 Å². The first kappa shape index (κ1) is 16.4. The van der Waals surface area contributed by atoms with Crippen LogP contribution in [0.25, 0.3) is 10.9 Å². The van der Waals surface area contributed by atoms with Crippen LogP contribution in [0.3, 0.4) is 0 Å². The first-order valence-electron chi connectivity index (χ1n) is 8.36. The summed E-state index contributed by atoms with van der Waals surface area (Å²) < 4.78 is 0. The molecule has 0 spiro atoms. The molecule has 1 fully saturated rings. The van der Waals surface area contributed by atoms with Gasteiger partial charge in [-0.05, 0) is 61.8 Å². The fourth-order valence-electron chi connectivity index (χ4n) is 3.34. The summed E-state index contributed by atoms with van der Waals surface area (Å²) in [5, 5.41) is 15.9. The van der Waals surface area contributed by atoms with E-state index in [1.54, 1.807) is 0 Å². The Labute approximate surface area is 140 Å². The minimum Gasteiger partial charge on any atom is -0.481 e. The van der Waals surface area contributed by atoms with Gasteiger partial charge in [-0.25, -0.2) is 4.79 Å². The molecule has 24 heavy (non-hydrogen) atoms. The lowest BCUT2D eigenvalue weighted by Crippen LogP contribution is -2.43. The molecule has 0 bridgehead atoms. The number of carbonyl (C=O) groups is 2. The predicted octanol–water partition coefficient (Wildman–Crippen LogP) is 2.92. The van der Waals surface area contributed by atoms with Gasteiger partial charge in [0.25, 0.3) is 0 Å². The molecule has 2 aromatic rings. The van der Waals surface area contributed by atoms with Crippen molar-refractivity contribution >= 4 is 22.9 Å². The van der Waals surface area contributed by atoms with Gasteiger partial charge in [0.15, 0.2) is 0 Å². The molecule has 1 heterocycles. The van der Waals surface area contributed by atoms with Crippen LogP contribution in [0.2, 0.25) is 0 Å². The molecule has 2 amide bonds. The fourth-order valence-corrected chi connectivity index (χ4v) is 3.34. The van der Waals surface area contributed by atoms with E-state index in [0.717, 1.165) is 35.0 Å². The number of fused-ring (bicyclic) bond motifs is 1. The average molecular weight is 329 g/mol. The number of hydrogen-bond donors (Lipinski definition) is 4. The Morgan fingerprint density at radius 2 is 1.96 bits per heavy atom. The third-order valence-corrected chi connectivity index (χ3v) is 4.68. The van der Waals surface area contributed by atoms with E-state index >= 15 is 0 Å². The van der Waals surface area contributed by atoms with E-state index in [-0.39, 0.29) is 18.0 Å². The molecule has 0 unspecified atom stereocenters. The highest BCUT2D eigenvalue weighted by Gasteiger charge is 2.26. The summed E-state index contributed by atoms with van der Waals surface area (Å²) in [5.41, 5.74) is 3.26. The van der Waals surface area contributed by atoms with Crippen molar-refractivity contribution in [1.82, 2.24) is 15.6 Å². The highest BCUT2D eigenvalue weighted by atomic mass is 16.4. The zero-order chi connectivity index (χ0) is 17.1. The molecule has 1 aliphatic rings. The third-order valence-electron chi connectivity index (χ3n) is 4.68. The number of aliphatic carboxylic acids is 1. The number of urea groups is 1. The Hall–Kier alpha value is -2.50. The van der Waals surface area contributed by atoms with Crippen molar-refractivity contribution in [3.8, 4) is 0 Å². The van der Waals surface area contributed by atoms with Crippen molar-refractivity contribution in [1.29, 1.82) is 0 Å². The van der Waals surface area contributed by atoms with Crippen molar-refractivity contribution in [2.24, 2.45) is 5.92 Å². The minimum absolute atomic E-state index is 0.0652. The quantitative estimate of drug-likeness (QED) is 0.694. The zero-order valence-corrected chi connectivity index (χ0v) is 13.8. The van der Waals surface area contributed by atoms with E-state index < -0.39 is 5.97 Å². The number of nitrogens with one attached hydrogen (secondary N) is 3. The first-order chi connectivity index (χ1) is 11.5. The lowest BCUT2D eigenvalue weighted by molar-refractivity contribution is -0.142. The molecular weight excluding hydrogens is 306 g/mol. The van der Waals surface area contributed by atoms with Gasteiger partial charge in [-0.2, -0.15) is 0 Å². The van der Waals surface area contributed by atoms with Gasteiger partial charge in [-0.1, -0.05) is 6.07 Å². The monoisotopic (exact) mass is 329 g/mol. The predicted molar refractivity (Wildman–Crippen MR) is 91.8 cm³/mol. The number of amides is 2. The number of carboxylic acid groups (broad SMARTS) is 1. The highest BCUT2D eigenvalue weighted by Crippen LogP contribution is 2.24. The molecule has 1 aromatic heterocycles. The summed E-state index contributed by atoms with van der Waals surface area (Å²) in [6, 6.07) is 8.03. The number of aryl methyl sites for hydroxylation is 1. The standard InChI is InChI=1S/C18H23N3O3/c1-11-8-14-9-12(2-7-16(14)20-11)10-19-18(24)21-15-5-3-13(4-6-15)17(22)23/h2,7-9,13,15,20H,3-6,10H2,1H3,(H,22,23)(H2,19,21,24). The van der Waals surface area contributed by atoms with Gasteiger partial charge in [0.2, 0.25) is 0 Å². The van der Waals surface area contributed by atoms with Crippen LogP contribution in [0.5, 0.6) is 0 Å². The number of aromatic nitrogens is 1. The van der Waals surface area contributed by atoms with Gasteiger partial charge in [-0.15, -0.1) is 0 Å².